The molecule has 1 saturated heterocycles. The van der Waals surface area contributed by atoms with E-state index < -0.39 is 12.7 Å². The fourth-order valence-corrected chi connectivity index (χ4v) is 2.47. The highest BCUT2D eigenvalue weighted by Gasteiger charge is 2.32. The Balaban J connectivity index is 1.87. The zero-order valence-electron chi connectivity index (χ0n) is 10.6. The molecule has 0 atom stereocenters. The molecule has 20 heavy (non-hydrogen) atoms. The SMILES string of the molecule is FC(F)(F)CN1CCN(Cc2nc(Cl)ccc2Cl)CC1. The Labute approximate surface area is 125 Å². The molecule has 0 bridgehead atoms. The normalized spacial score (nSPS) is 18.4. The van der Waals surface area contributed by atoms with Crippen LogP contribution in [0.5, 0.6) is 0 Å². The van der Waals surface area contributed by atoms with Gasteiger partial charge in [0, 0.05) is 32.7 Å². The minimum atomic E-state index is -4.14. The van der Waals surface area contributed by atoms with E-state index in [1.807, 2.05) is 4.90 Å². The molecular weight excluding hydrogens is 314 g/mol. The quantitative estimate of drug-likeness (QED) is 0.795. The summed E-state index contributed by atoms with van der Waals surface area (Å²) >= 11 is 11.8. The molecule has 0 aromatic carbocycles. The van der Waals surface area contributed by atoms with Gasteiger partial charge >= 0.3 is 6.18 Å². The largest absolute Gasteiger partial charge is 0.401 e. The van der Waals surface area contributed by atoms with E-state index in [2.05, 4.69) is 4.98 Å². The van der Waals surface area contributed by atoms with Crippen molar-refractivity contribution in [3.05, 3.63) is 28.0 Å². The monoisotopic (exact) mass is 327 g/mol. The molecule has 0 spiro atoms. The van der Waals surface area contributed by atoms with Gasteiger partial charge in [0.2, 0.25) is 0 Å². The smallest absolute Gasteiger partial charge is 0.295 e. The summed E-state index contributed by atoms with van der Waals surface area (Å²) in [6, 6.07) is 3.28. The molecule has 1 aromatic heterocycles. The lowest BCUT2D eigenvalue weighted by atomic mass is 10.2. The molecule has 1 aliphatic heterocycles. The summed E-state index contributed by atoms with van der Waals surface area (Å²) in [5, 5.41) is 0.882. The minimum Gasteiger partial charge on any atom is -0.295 e. The van der Waals surface area contributed by atoms with E-state index in [9.17, 15) is 13.2 Å². The number of rotatable bonds is 3. The van der Waals surface area contributed by atoms with Gasteiger partial charge in [0.05, 0.1) is 17.3 Å². The van der Waals surface area contributed by atoms with Gasteiger partial charge in [0.1, 0.15) is 5.15 Å². The highest BCUT2D eigenvalue weighted by Crippen LogP contribution is 2.20. The van der Waals surface area contributed by atoms with Gasteiger partial charge in [-0.15, -0.1) is 0 Å². The second kappa shape index (κ2) is 6.47. The molecule has 1 fully saturated rings. The summed E-state index contributed by atoms with van der Waals surface area (Å²) in [7, 11) is 0. The van der Waals surface area contributed by atoms with Crippen molar-refractivity contribution < 1.29 is 13.2 Å². The number of nitrogens with zero attached hydrogens (tertiary/aromatic N) is 3. The molecule has 3 nitrogen and oxygen atoms in total. The van der Waals surface area contributed by atoms with Crippen LogP contribution in [0.15, 0.2) is 12.1 Å². The molecule has 112 valence electrons. The van der Waals surface area contributed by atoms with Crippen molar-refractivity contribution in [1.29, 1.82) is 0 Å². The van der Waals surface area contributed by atoms with Crippen molar-refractivity contribution in [1.82, 2.24) is 14.8 Å². The highest BCUT2D eigenvalue weighted by atomic mass is 35.5. The maximum Gasteiger partial charge on any atom is 0.401 e. The Hall–Kier alpha value is -0.560. The molecule has 0 aliphatic carbocycles. The Morgan fingerprint density at radius 3 is 2.25 bits per heavy atom. The molecule has 2 heterocycles. The first-order valence-electron chi connectivity index (χ1n) is 6.16. The van der Waals surface area contributed by atoms with Crippen LogP contribution in [0, 0.1) is 0 Å². The molecule has 0 saturated carbocycles. The van der Waals surface area contributed by atoms with Crippen LogP contribution < -0.4 is 0 Å². The van der Waals surface area contributed by atoms with Crippen molar-refractivity contribution in [3.8, 4) is 0 Å². The van der Waals surface area contributed by atoms with Gasteiger partial charge in [-0.3, -0.25) is 9.80 Å². The summed E-state index contributed by atoms with van der Waals surface area (Å²) < 4.78 is 36.9. The van der Waals surface area contributed by atoms with Crippen molar-refractivity contribution in [2.75, 3.05) is 32.7 Å². The van der Waals surface area contributed by atoms with Crippen LogP contribution in [0.25, 0.3) is 0 Å². The van der Waals surface area contributed by atoms with Gasteiger partial charge in [-0.25, -0.2) is 4.98 Å². The van der Waals surface area contributed by atoms with Crippen molar-refractivity contribution in [2.24, 2.45) is 0 Å². The molecule has 0 amide bonds. The van der Waals surface area contributed by atoms with E-state index in [0.717, 1.165) is 0 Å². The van der Waals surface area contributed by atoms with Gasteiger partial charge < -0.3 is 0 Å². The van der Waals surface area contributed by atoms with Gasteiger partial charge in [-0.1, -0.05) is 23.2 Å². The van der Waals surface area contributed by atoms with Crippen molar-refractivity contribution in [3.63, 3.8) is 0 Å². The lowest BCUT2D eigenvalue weighted by molar-refractivity contribution is -0.149. The predicted octanol–water partition coefficient (Wildman–Crippen LogP) is 3.07. The Morgan fingerprint density at radius 2 is 1.65 bits per heavy atom. The zero-order chi connectivity index (χ0) is 14.8. The second-order valence-corrected chi connectivity index (χ2v) is 5.52. The average Bonchev–Trinajstić information content (AvgIpc) is 2.34. The van der Waals surface area contributed by atoms with Crippen molar-refractivity contribution in [2.45, 2.75) is 12.7 Å². The van der Waals surface area contributed by atoms with Crippen LogP contribution in [0.1, 0.15) is 5.69 Å². The fourth-order valence-electron chi connectivity index (χ4n) is 2.14. The minimum absolute atomic E-state index is 0.361. The molecule has 1 aromatic rings. The van der Waals surface area contributed by atoms with E-state index in [-0.39, 0.29) is 0 Å². The number of alkyl halides is 3. The number of pyridine rings is 1. The summed E-state index contributed by atoms with van der Waals surface area (Å²) in [5.41, 5.74) is 0.656. The lowest BCUT2D eigenvalue weighted by Crippen LogP contribution is -2.48. The molecule has 0 unspecified atom stereocenters. The standard InChI is InChI=1S/C12H14Cl2F3N3/c13-9-1-2-11(14)18-10(9)7-19-3-5-20(6-4-19)8-12(15,16)17/h1-2H,3-8H2. The third-order valence-electron chi connectivity index (χ3n) is 3.13. The van der Waals surface area contributed by atoms with E-state index in [0.29, 0.717) is 48.6 Å². The summed E-state index contributed by atoms with van der Waals surface area (Å²) in [5.74, 6) is 0. The first-order valence-corrected chi connectivity index (χ1v) is 6.91. The topological polar surface area (TPSA) is 19.4 Å². The van der Waals surface area contributed by atoms with Crippen LogP contribution in [-0.2, 0) is 6.54 Å². The van der Waals surface area contributed by atoms with E-state index in [1.165, 1.54) is 4.90 Å². The summed E-state index contributed by atoms with van der Waals surface area (Å²) in [6.45, 7) is 1.53. The van der Waals surface area contributed by atoms with Gasteiger partial charge in [0.25, 0.3) is 0 Å². The highest BCUT2D eigenvalue weighted by molar-refractivity contribution is 6.32. The number of aromatic nitrogens is 1. The number of hydrogen-bond donors (Lipinski definition) is 0. The predicted molar refractivity (Wildman–Crippen MR) is 72.0 cm³/mol. The molecular formula is C12H14Cl2F3N3. The Morgan fingerprint density at radius 1 is 1.05 bits per heavy atom. The van der Waals surface area contributed by atoms with Crippen LogP contribution >= 0.6 is 23.2 Å². The van der Waals surface area contributed by atoms with E-state index >= 15 is 0 Å². The van der Waals surface area contributed by atoms with Crippen LogP contribution in [0.4, 0.5) is 13.2 Å². The third kappa shape index (κ3) is 4.77. The maximum atomic E-state index is 12.3. The van der Waals surface area contributed by atoms with Gasteiger partial charge in [-0.2, -0.15) is 13.2 Å². The fraction of sp³-hybridized carbons (Fsp3) is 0.583. The molecule has 8 heteroatoms. The average molecular weight is 328 g/mol. The van der Waals surface area contributed by atoms with Gasteiger partial charge in [0.15, 0.2) is 0 Å². The van der Waals surface area contributed by atoms with Crippen LogP contribution in [0.3, 0.4) is 0 Å². The lowest BCUT2D eigenvalue weighted by Gasteiger charge is -2.34. The van der Waals surface area contributed by atoms with Crippen LogP contribution in [0.2, 0.25) is 10.2 Å². The first-order chi connectivity index (χ1) is 9.33. The number of piperazine rings is 1. The number of halogens is 5. The maximum absolute atomic E-state index is 12.3. The Kier molecular flexibility index (Phi) is 5.12. The third-order valence-corrected chi connectivity index (χ3v) is 3.68. The van der Waals surface area contributed by atoms with E-state index in [4.69, 9.17) is 23.2 Å². The Bertz CT molecular complexity index is 460. The number of hydrogen-bond acceptors (Lipinski definition) is 3. The van der Waals surface area contributed by atoms with Crippen LogP contribution in [-0.4, -0.2) is 53.7 Å². The van der Waals surface area contributed by atoms with E-state index in [1.54, 1.807) is 12.1 Å². The second-order valence-electron chi connectivity index (χ2n) is 4.73. The summed E-state index contributed by atoms with van der Waals surface area (Å²) in [4.78, 5) is 7.57. The molecule has 1 aliphatic rings. The molecule has 0 radical (unpaired) electrons. The summed E-state index contributed by atoms with van der Waals surface area (Å²) in [6.07, 6.45) is -4.14. The first kappa shape index (κ1) is 15.8. The molecule has 0 N–H and O–H groups in total. The van der Waals surface area contributed by atoms with Crippen molar-refractivity contribution >= 4 is 23.2 Å². The van der Waals surface area contributed by atoms with Gasteiger partial charge in [-0.05, 0) is 12.1 Å². The molecule has 2 rings (SSSR count). The zero-order valence-corrected chi connectivity index (χ0v) is 12.1.